The van der Waals surface area contributed by atoms with E-state index < -0.39 is 0 Å². The highest BCUT2D eigenvalue weighted by Crippen LogP contribution is 2.21. The van der Waals surface area contributed by atoms with Gasteiger partial charge in [0, 0.05) is 0 Å². The second kappa shape index (κ2) is 5.32. The van der Waals surface area contributed by atoms with E-state index in [9.17, 15) is 0 Å². The standard InChI is InChI=1S/C14H21N/c1-15-10-9-12-7-8-13-5-3-2-4-6-14(13)11-12/h7-8,11,15H,2-6,9-10H2,1H3. The van der Waals surface area contributed by atoms with Crippen molar-refractivity contribution in [3.05, 3.63) is 34.9 Å². The zero-order valence-electron chi connectivity index (χ0n) is 9.68. The van der Waals surface area contributed by atoms with Gasteiger partial charge in [-0.2, -0.15) is 0 Å². The van der Waals surface area contributed by atoms with E-state index in [4.69, 9.17) is 0 Å². The van der Waals surface area contributed by atoms with Crippen molar-refractivity contribution in [2.45, 2.75) is 38.5 Å². The fourth-order valence-electron chi connectivity index (χ4n) is 2.39. The van der Waals surface area contributed by atoms with Gasteiger partial charge in [0.25, 0.3) is 0 Å². The first-order chi connectivity index (χ1) is 7.40. The molecule has 0 aliphatic heterocycles. The van der Waals surface area contributed by atoms with Crippen LogP contribution < -0.4 is 5.32 Å². The molecule has 0 amide bonds. The summed E-state index contributed by atoms with van der Waals surface area (Å²) in [4.78, 5) is 0. The highest BCUT2D eigenvalue weighted by molar-refractivity contribution is 5.33. The van der Waals surface area contributed by atoms with Gasteiger partial charge in [0.05, 0.1) is 0 Å². The first-order valence-corrected chi connectivity index (χ1v) is 6.15. The first kappa shape index (κ1) is 10.7. The van der Waals surface area contributed by atoms with Crippen LogP contribution in [0.3, 0.4) is 0 Å². The third-order valence-electron chi connectivity index (χ3n) is 3.33. The maximum absolute atomic E-state index is 3.21. The summed E-state index contributed by atoms with van der Waals surface area (Å²) in [6, 6.07) is 7.09. The summed E-state index contributed by atoms with van der Waals surface area (Å²) >= 11 is 0. The minimum absolute atomic E-state index is 1.08. The molecule has 0 saturated carbocycles. The van der Waals surface area contributed by atoms with Crippen molar-refractivity contribution in [3.8, 4) is 0 Å². The molecule has 0 atom stereocenters. The van der Waals surface area contributed by atoms with Crippen LogP contribution in [0.15, 0.2) is 18.2 Å². The molecule has 0 unspecified atom stereocenters. The Morgan fingerprint density at radius 3 is 2.67 bits per heavy atom. The van der Waals surface area contributed by atoms with E-state index in [0.29, 0.717) is 0 Å². The van der Waals surface area contributed by atoms with Gasteiger partial charge in [0.1, 0.15) is 0 Å². The number of fused-ring (bicyclic) bond motifs is 1. The summed E-state index contributed by atoms with van der Waals surface area (Å²) < 4.78 is 0. The van der Waals surface area contributed by atoms with Gasteiger partial charge in [-0.15, -0.1) is 0 Å². The molecule has 2 rings (SSSR count). The highest BCUT2D eigenvalue weighted by Gasteiger charge is 2.07. The fourth-order valence-corrected chi connectivity index (χ4v) is 2.39. The monoisotopic (exact) mass is 203 g/mol. The van der Waals surface area contributed by atoms with Crippen LogP contribution in [-0.2, 0) is 19.3 Å². The molecular formula is C14H21N. The summed E-state index contributed by atoms with van der Waals surface area (Å²) in [5.74, 6) is 0. The molecule has 0 saturated heterocycles. The second-order valence-corrected chi connectivity index (χ2v) is 4.52. The number of nitrogens with one attached hydrogen (secondary N) is 1. The number of likely N-dealkylation sites (N-methyl/N-ethyl adjacent to an activating group) is 1. The largest absolute Gasteiger partial charge is 0.319 e. The molecule has 1 N–H and O–H groups in total. The van der Waals surface area contributed by atoms with Crippen LogP contribution >= 0.6 is 0 Å². The normalized spacial score (nSPS) is 15.8. The molecule has 0 bridgehead atoms. The molecular weight excluding hydrogens is 182 g/mol. The van der Waals surface area contributed by atoms with Crippen LogP contribution in [0.25, 0.3) is 0 Å². The Bertz CT molecular complexity index is 317. The van der Waals surface area contributed by atoms with Crippen LogP contribution in [0.2, 0.25) is 0 Å². The Hall–Kier alpha value is -0.820. The summed E-state index contributed by atoms with van der Waals surface area (Å²) in [5.41, 5.74) is 4.70. The van der Waals surface area contributed by atoms with Crippen LogP contribution in [0.4, 0.5) is 0 Å². The molecule has 0 heterocycles. The quantitative estimate of drug-likeness (QED) is 0.745. The molecule has 0 radical (unpaired) electrons. The van der Waals surface area contributed by atoms with Crippen LogP contribution in [0.1, 0.15) is 36.0 Å². The van der Waals surface area contributed by atoms with Crippen molar-refractivity contribution >= 4 is 0 Å². The zero-order valence-corrected chi connectivity index (χ0v) is 9.68. The summed E-state index contributed by atoms with van der Waals surface area (Å²) in [5, 5.41) is 3.21. The van der Waals surface area contributed by atoms with Crippen LogP contribution in [0.5, 0.6) is 0 Å². The van der Waals surface area contributed by atoms with Crippen molar-refractivity contribution in [2.24, 2.45) is 0 Å². The second-order valence-electron chi connectivity index (χ2n) is 4.52. The molecule has 0 fully saturated rings. The van der Waals surface area contributed by atoms with Gasteiger partial charge in [-0.1, -0.05) is 24.6 Å². The molecule has 1 aromatic carbocycles. The zero-order chi connectivity index (χ0) is 10.5. The lowest BCUT2D eigenvalue weighted by Gasteiger charge is -2.08. The van der Waals surface area contributed by atoms with Gasteiger partial charge in [-0.3, -0.25) is 0 Å². The third kappa shape index (κ3) is 2.82. The van der Waals surface area contributed by atoms with E-state index in [-0.39, 0.29) is 0 Å². The van der Waals surface area contributed by atoms with Gasteiger partial charge < -0.3 is 5.32 Å². The van der Waals surface area contributed by atoms with Gasteiger partial charge >= 0.3 is 0 Å². The van der Waals surface area contributed by atoms with Gasteiger partial charge in [0.2, 0.25) is 0 Å². The summed E-state index contributed by atoms with van der Waals surface area (Å²) in [6.45, 7) is 1.08. The van der Waals surface area contributed by atoms with E-state index in [2.05, 4.69) is 23.5 Å². The number of benzene rings is 1. The van der Waals surface area contributed by atoms with Crippen LogP contribution in [-0.4, -0.2) is 13.6 Å². The Morgan fingerprint density at radius 1 is 1.07 bits per heavy atom. The molecule has 1 nitrogen and oxygen atoms in total. The molecule has 0 aromatic heterocycles. The Labute approximate surface area is 92.9 Å². The molecule has 0 spiro atoms. The van der Waals surface area contributed by atoms with Crippen molar-refractivity contribution < 1.29 is 0 Å². The Balaban J connectivity index is 2.13. The predicted octanol–water partition coefficient (Wildman–Crippen LogP) is 2.72. The van der Waals surface area contributed by atoms with E-state index in [1.807, 2.05) is 7.05 Å². The average Bonchev–Trinajstić information content (AvgIpc) is 2.50. The van der Waals surface area contributed by atoms with E-state index >= 15 is 0 Å². The van der Waals surface area contributed by atoms with E-state index in [0.717, 1.165) is 13.0 Å². The van der Waals surface area contributed by atoms with E-state index in [1.165, 1.54) is 37.7 Å². The average molecular weight is 203 g/mol. The lowest BCUT2D eigenvalue weighted by molar-refractivity contribution is 0.711. The summed E-state index contributed by atoms with van der Waals surface area (Å²) in [6.07, 6.45) is 7.90. The fraction of sp³-hybridized carbons (Fsp3) is 0.571. The minimum atomic E-state index is 1.08. The van der Waals surface area contributed by atoms with Crippen LogP contribution in [0, 0.1) is 0 Å². The number of hydrogen-bond donors (Lipinski definition) is 1. The van der Waals surface area contributed by atoms with E-state index in [1.54, 1.807) is 11.1 Å². The molecule has 15 heavy (non-hydrogen) atoms. The number of rotatable bonds is 3. The van der Waals surface area contributed by atoms with Crippen molar-refractivity contribution in [1.29, 1.82) is 0 Å². The summed E-state index contributed by atoms with van der Waals surface area (Å²) in [7, 11) is 2.02. The first-order valence-electron chi connectivity index (χ1n) is 6.15. The van der Waals surface area contributed by atoms with Gasteiger partial charge in [-0.25, -0.2) is 0 Å². The molecule has 1 aromatic rings. The smallest absolute Gasteiger partial charge is 0.00114 e. The maximum Gasteiger partial charge on any atom is -0.00114 e. The topological polar surface area (TPSA) is 12.0 Å². The molecule has 82 valence electrons. The Morgan fingerprint density at radius 2 is 1.87 bits per heavy atom. The Kier molecular flexibility index (Phi) is 3.79. The lowest BCUT2D eigenvalue weighted by Crippen LogP contribution is -2.10. The number of hydrogen-bond acceptors (Lipinski definition) is 1. The SMILES string of the molecule is CNCCc1ccc2c(c1)CCCCC2. The highest BCUT2D eigenvalue weighted by atomic mass is 14.8. The maximum atomic E-state index is 3.21. The molecule has 1 aliphatic rings. The molecule has 1 heteroatoms. The van der Waals surface area contributed by atoms with Gasteiger partial charge in [-0.05, 0) is 62.4 Å². The molecule has 1 aliphatic carbocycles. The lowest BCUT2D eigenvalue weighted by atomic mass is 9.99. The van der Waals surface area contributed by atoms with Crippen molar-refractivity contribution in [2.75, 3.05) is 13.6 Å². The number of aryl methyl sites for hydroxylation is 2. The van der Waals surface area contributed by atoms with Gasteiger partial charge in [0.15, 0.2) is 0 Å². The van der Waals surface area contributed by atoms with Crippen molar-refractivity contribution in [1.82, 2.24) is 5.32 Å². The minimum Gasteiger partial charge on any atom is -0.319 e. The van der Waals surface area contributed by atoms with Crippen molar-refractivity contribution in [3.63, 3.8) is 0 Å². The predicted molar refractivity (Wildman–Crippen MR) is 65.3 cm³/mol. The third-order valence-corrected chi connectivity index (χ3v) is 3.33.